The first-order chi connectivity index (χ1) is 13.8. The first-order valence-corrected chi connectivity index (χ1v) is 9.25. The number of nitro groups is 1. The topological polar surface area (TPSA) is 110 Å². The standard InChI is InChI=1S/C19H16BrN5O4/c1-23(12-18(26)21-16-8-3-2-7-15(16)20)19(27)17-9-10-24(22-17)13-5-4-6-14(11-13)25(28)29/h2-11H,12H2,1H3,(H,21,26). The van der Waals surface area contributed by atoms with Crippen LogP contribution in [0.1, 0.15) is 10.5 Å². The van der Waals surface area contributed by atoms with Crippen LogP contribution in [0.3, 0.4) is 0 Å². The molecule has 9 nitrogen and oxygen atoms in total. The van der Waals surface area contributed by atoms with Crippen molar-refractivity contribution in [3.05, 3.63) is 81.1 Å². The number of likely N-dealkylation sites (N-methyl/N-ethyl adjacent to an activating group) is 1. The molecule has 0 saturated heterocycles. The molecule has 0 aliphatic carbocycles. The Labute approximate surface area is 174 Å². The van der Waals surface area contributed by atoms with Gasteiger partial charge in [0.15, 0.2) is 5.69 Å². The van der Waals surface area contributed by atoms with E-state index in [0.717, 1.165) is 4.47 Å². The molecule has 10 heteroatoms. The maximum Gasteiger partial charge on any atom is 0.274 e. The van der Waals surface area contributed by atoms with E-state index >= 15 is 0 Å². The van der Waals surface area contributed by atoms with Gasteiger partial charge in [-0.3, -0.25) is 19.7 Å². The summed E-state index contributed by atoms with van der Waals surface area (Å²) < 4.78 is 2.10. The number of para-hydroxylation sites is 1. The smallest absolute Gasteiger partial charge is 0.274 e. The zero-order valence-corrected chi connectivity index (χ0v) is 16.9. The minimum absolute atomic E-state index is 0.0771. The number of carbonyl (C=O) groups is 2. The number of anilines is 1. The first-order valence-electron chi connectivity index (χ1n) is 8.45. The van der Waals surface area contributed by atoms with Gasteiger partial charge in [0.05, 0.1) is 22.8 Å². The van der Waals surface area contributed by atoms with Crippen molar-refractivity contribution in [1.82, 2.24) is 14.7 Å². The minimum atomic E-state index is -0.503. The van der Waals surface area contributed by atoms with E-state index in [1.807, 2.05) is 6.07 Å². The molecule has 1 N–H and O–H groups in total. The Morgan fingerprint density at radius 1 is 1.21 bits per heavy atom. The maximum atomic E-state index is 12.6. The summed E-state index contributed by atoms with van der Waals surface area (Å²) in [6.07, 6.45) is 1.53. The molecule has 2 amide bonds. The molecule has 148 valence electrons. The van der Waals surface area contributed by atoms with Crippen LogP contribution in [-0.2, 0) is 4.79 Å². The molecule has 0 saturated carbocycles. The van der Waals surface area contributed by atoms with Gasteiger partial charge in [-0.25, -0.2) is 4.68 Å². The van der Waals surface area contributed by atoms with Gasteiger partial charge >= 0.3 is 0 Å². The fourth-order valence-corrected chi connectivity index (χ4v) is 2.95. The van der Waals surface area contributed by atoms with Gasteiger partial charge in [-0.2, -0.15) is 5.10 Å². The van der Waals surface area contributed by atoms with Crippen LogP contribution in [0.2, 0.25) is 0 Å². The van der Waals surface area contributed by atoms with Crippen LogP contribution in [0, 0.1) is 10.1 Å². The van der Waals surface area contributed by atoms with Gasteiger partial charge in [0.2, 0.25) is 5.91 Å². The van der Waals surface area contributed by atoms with Gasteiger partial charge in [0.25, 0.3) is 11.6 Å². The molecule has 3 aromatic rings. The quantitative estimate of drug-likeness (QED) is 0.451. The van der Waals surface area contributed by atoms with Gasteiger partial charge in [0, 0.05) is 29.8 Å². The number of halogens is 1. The van der Waals surface area contributed by atoms with Crippen molar-refractivity contribution in [3.8, 4) is 5.69 Å². The third-order valence-corrected chi connectivity index (χ3v) is 4.68. The monoisotopic (exact) mass is 457 g/mol. The number of nitrogens with zero attached hydrogens (tertiary/aromatic N) is 4. The number of amides is 2. The van der Waals surface area contributed by atoms with Gasteiger partial charge in [0.1, 0.15) is 0 Å². The van der Waals surface area contributed by atoms with Crippen LogP contribution in [0.15, 0.2) is 65.3 Å². The molecule has 1 aromatic heterocycles. The van der Waals surface area contributed by atoms with Crippen molar-refractivity contribution in [3.63, 3.8) is 0 Å². The molecule has 0 spiro atoms. The third kappa shape index (κ3) is 4.85. The highest BCUT2D eigenvalue weighted by Gasteiger charge is 2.18. The van der Waals surface area contributed by atoms with E-state index in [1.165, 1.54) is 47.1 Å². The number of carbonyl (C=O) groups excluding carboxylic acids is 2. The number of aromatic nitrogens is 2. The minimum Gasteiger partial charge on any atom is -0.331 e. The Morgan fingerprint density at radius 3 is 2.69 bits per heavy atom. The Bertz CT molecular complexity index is 1080. The Balaban J connectivity index is 1.67. The number of nitrogens with one attached hydrogen (secondary N) is 1. The van der Waals surface area contributed by atoms with Crippen molar-refractivity contribution in [1.29, 1.82) is 0 Å². The van der Waals surface area contributed by atoms with E-state index in [0.29, 0.717) is 11.4 Å². The lowest BCUT2D eigenvalue weighted by Gasteiger charge is -2.16. The van der Waals surface area contributed by atoms with Crippen LogP contribution in [0.25, 0.3) is 5.69 Å². The third-order valence-electron chi connectivity index (χ3n) is 3.99. The summed E-state index contributed by atoms with van der Waals surface area (Å²) in [4.78, 5) is 36.5. The normalized spacial score (nSPS) is 10.4. The molecule has 0 bridgehead atoms. The fourth-order valence-electron chi connectivity index (χ4n) is 2.57. The summed E-state index contributed by atoms with van der Waals surface area (Å²) in [5, 5.41) is 17.8. The Morgan fingerprint density at radius 2 is 1.97 bits per heavy atom. The second-order valence-electron chi connectivity index (χ2n) is 6.11. The van der Waals surface area contributed by atoms with Crippen molar-refractivity contribution in [2.75, 3.05) is 18.9 Å². The fraction of sp³-hybridized carbons (Fsp3) is 0.105. The number of rotatable bonds is 6. The summed E-state index contributed by atoms with van der Waals surface area (Å²) in [5.74, 6) is -0.803. The second kappa shape index (κ2) is 8.65. The van der Waals surface area contributed by atoms with Gasteiger partial charge in [-0.15, -0.1) is 0 Å². The molecule has 29 heavy (non-hydrogen) atoms. The number of benzene rings is 2. The molecule has 3 rings (SSSR count). The lowest BCUT2D eigenvalue weighted by molar-refractivity contribution is -0.384. The van der Waals surface area contributed by atoms with Crippen LogP contribution < -0.4 is 5.32 Å². The molecule has 0 aliphatic rings. The first kappa shape index (κ1) is 20.2. The summed E-state index contributed by atoms with van der Waals surface area (Å²) in [6, 6.07) is 14.5. The van der Waals surface area contributed by atoms with Crippen molar-refractivity contribution >= 4 is 39.1 Å². The molecule has 0 unspecified atom stereocenters. The second-order valence-corrected chi connectivity index (χ2v) is 6.97. The summed E-state index contributed by atoms with van der Waals surface area (Å²) in [7, 11) is 1.49. The molecule has 0 aliphatic heterocycles. The maximum absolute atomic E-state index is 12.6. The molecular formula is C19H16BrN5O4. The van der Waals surface area contributed by atoms with E-state index < -0.39 is 10.8 Å². The highest BCUT2D eigenvalue weighted by molar-refractivity contribution is 9.10. The van der Waals surface area contributed by atoms with Crippen LogP contribution >= 0.6 is 15.9 Å². The number of hydrogen-bond donors (Lipinski definition) is 1. The predicted molar refractivity (Wildman–Crippen MR) is 110 cm³/mol. The van der Waals surface area contributed by atoms with E-state index in [1.54, 1.807) is 24.3 Å². The van der Waals surface area contributed by atoms with Gasteiger partial charge in [-0.05, 0) is 40.2 Å². The lowest BCUT2D eigenvalue weighted by atomic mass is 10.3. The van der Waals surface area contributed by atoms with Crippen molar-refractivity contribution < 1.29 is 14.5 Å². The Hall–Kier alpha value is -3.53. The number of non-ortho nitro benzene ring substituents is 1. The highest BCUT2D eigenvalue weighted by Crippen LogP contribution is 2.21. The zero-order chi connectivity index (χ0) is 21.0. The number of nitro benzene ring substituents is 1. The summed E-state index contributed by atoms with van der Waals surface area (Å²) in [5.41, 5.74) is 1.10. The van der Waals surface area contributed by atoms with E-state index in [4.69, 9.17) is 0 Å². The van der Waals surface area contributed by atoms with Crippen molar-refractivity contribution in [2.45, 2.75) is 0 Å². The van der Waals surface area contributed by atoms with Gasteiger partial charge in [-0.1, -0.05) is 18.2 Å². The van der Waals surface area contributed by atoms with Crippen LogP contribution in [-0.4, -0.2) is 45.0 Å². The average Bonchev–Trinajstić information content (AvgIpc) is 3.19. The lowest BCUT2D eigenvalue weighted by Crippen LogP contribution is -2.35. The largest absolute Gasteiger partial charge is 0.331 e. The Kier molecular flexibility index (Phi) is 6.03. The van der Waals surface area contributed by atoms with Crippen LogP contribution in [0.4, 0.5) is 11.4 Å². The number of hydrogen-bond acceptors (Lipinski definition) is 5. The van der Waals surface area contributed by atoms with E-state index in [9.17, 15) is 19.7 Å². The molecule has 1 heterocycles. The highest BCUT2D eigenvalue weighted by atomic mass is 79.9. The molecule has 0 fully saturated rings. The van der Waals surface area contributed by atoms with Crippen LogP contribution in [0.5, 0.6) is 0 Å². The molecule has 2 aromatic carbocycles. The summed E-state index contributed by atoms with van der Waals surface area (Å²) in [6.45, 7) is -0.163. The summed E-state index contributed by atoms with van der Waals surface area (Å²) >= 11 is 3.35. The van der Waals surface area contributed by atoms with E-state index in [-0.39, 0.29) is 23.8 Å². The molecular weight excluding hydrogens is 442 g/mol. The molecule has 0 radical (unpaired) electrons. The average molecular weight is 458 g/mol. The predicted octanol–water partition coefficient (Wildman–Crippen LogP) is 3.25. The SMILES string of the molecule is CN(CC(=O)Nc1ccccc1Br)C(=O)c1ccn(-c2cccc([N+](=O)[O-])c2)n1. The van der Waals surface area contributed by atoms with Crippen molar-refractivity contribution in [2.24, 2.45) is 0 Å². The van der Waals surface area contributed by atoms with E-state index in [2.05, 4.69) is 26.3 Å². The zero-order valence-electron chi connectivity index (χ0n) is 15.3. The van der Waals surface area contributed by atoms with Gasteiger partial charge < -0.3 is 10.2 Å². The molecule has 0 atom stereocenters.